The van der Waals surface area contributed by atoms with Gasteiger partial charge in [0.05, 0.1) is 0 Å². The summed E-state index contributed by atoms with van der Waals surface area (Å²) in [5, 5.41) is 8.80. The van der Waals surface area contributed by atoms with Crippen LogP contribution in [0.25, 0.3) is 0 Å². The third-order valence-corrected chi connectivity index (χ3v) is 4.03. The SMILES string of the molecule is CC(C)(c1ccc(C(F)(F)F)s1)C(N)C(=O)O. The molecule has 0 saturated carbocycles. The third-order valence-electron chi connectivity index (χ3n) is 2.56. The number of alkyl halides is 3. The highest BCUT2D eigenvalue weighted by atomic mass is 32.1. The number of aliphatic carboxylic acids is 1. The Labute approximate surface area is 100 Å². The third kappa shape index (κ3) is 2.78. The molecule has 0 spiro atoms. The highest BCUT2D eigenvalue weighted by Crippen LogP contribution is 2.39. The Morgan fingerprint density at radius 2 is 1.82 bits per heavy atom. The Kier molecular flexibility index (Phi) is 3.54. The van der Waals surface area contributed by atoms with Crippen molar-refractivity contribution in [2.45, 2.75) is 31.5 Å². The molecule has 1 atom stereocenters. The first-order valence-electron chi connectivity index (χ1n) is 4.72. The molecule has 0 radical (unpaired) electrons. The molecule has 3 nitrogen and oxygen atoms in total. The highest BCUT2D eigenvalue weighted by Gasteiger charge is 2.38. The normalized spacial score (nSPS) is 14.7. The van der Waals surface area contributed by atoms with E-state index in [2.05, 4.69) is 0 Å². The molecule has 1 aromatic rings. The van der Waals surface area contributed by atoms with E-state index < -0.39 is 28.5 Å². The van der Waals surface area contributed by atoms with Crippen LogP contribution in [-0.2, 0) is 16.4 Å². The van der Waals surface area contributed by atoms with E-state index in [1.807, 2.05) is 0 Å². The van der Waals surface area contributed by atoms with Crippen molar-refractivity contribution in [1.82, 2.24) is 0 Å². The minimum Gasteiger partial charge on any atom is -0.480 e. The standard InChI is InChI=1S/C10H12F3NO2S/c1-9(2,7(14)8(15)16)5-3-4-6(17-5)10(11,12)13/h3-4,7H,14H2,1-2H3,(H,15,16). The molecule has 3 N–H and O–H groups in total. The zero-order valence-corrected chi connectivity index (χ0v) is 10.0. The van der Waals surface area contributed by atoms with Crippen LogP contribution in [-0.4, -0.2) is 17.1 Å². The van der Waals surface area contributed by atoms with Crippen LogP contribution in [0.5, 0.6) is 0 Å². The Bertz CT molecular complexity index is 425. The van der Waals surface area contributed by atoms with E-state index in [0.717, 1.165) is 6.07 Å². The summed E-state index contributed by atoms with van der Waals surface area (Å²) in [5.41, 5.74) is 4.43. The number of carboxylic acids is 1. The van der Waals surface area contributed by atoms with Gasteiger partial charge < -0.3 is 10.8 Å². The number of hydrogen-bond donors (Lipinski definition) is 2. The lowest BCUT2D eigenvalue weighted by molar-refractivity contribution is -0.140. The van der Waals surface area contributed by atoms with Crippen molar-refractivity contribution < 1.29 is 23.1 Å². The summed E-state index contributed by atoms with van der Waals surface area (Å²) in [6.07, 6.45) is -4.41. The lowest BCUT2D eigenvalue weighted by Crippen LogP contribution is -2.46. The van der Waals surface area contributed by atoms with Gasteiger partial charge in [-0.2, -0.15) is 13.2 Å². The van der Waals surface area contributed by atoms with Gasteiger partial charge in [0.2, 0.25) is 0 Å². The molecular formula is C10H12F3NO2S. The number of nitrogens with two attached hydrogens (primary N) is 1. The summed E-state index contributed by atoms with van der Waals surface area (Å²) in [6, 6.07) is 0.967. The van der Waals surface area contributed by atoms with Crippen molar-refractivity contribution >= 4 is 17.3 Å². The molecule has 0 bridgehead atoms. The van der Waals surface area contributed by atoms with Crippen LogP contribution in [0.3, 0.4) is 0 Å². The smallest absolute Gasteiger partial charge is 0.425 e. The summed E-state index contributed by atoms with van der Waals surface area (Å²) in [4.78, 5) is 10.3. The van der Waals surface area contributed by atoms with Crippen molar-refractivity contribution in [2.75, 3.05) is 0 Å². The summed E-state index contributed by atoms with van der Waals surface area (Å²) in [7, 11) is 0. The largest absolute Gasteiger partial charge is 0.480 e. The molecule has 0 aliphatic rings. The van der Waals surface area contributed by atoms with Crippen LogP contribution in [0, 0.1) is 0 Å². The highest BCUT2D eigenvalue weighted by molar-refractivity contribution is 7.12. The second kappa shape index (κ2) is 4.30. The van der Waals surface area contributed by atoms with E-state index in [9.17, 15) is 18.0 Å². The molecule has 1 aromatic heterocycles. The number of carbonyl (C=O) groups is 1. The Morgan fingerprint density at radius 1 is 1.35 bits per heavy atom. The Morgan fingerprint density at radius 3 is 2.18 bits per heavy atom. The molecule has 96 valence electrons. The molecule has 1 unspecified atom stereocenters. The van der Waals surface area contributed by atoms with E-state index in [4.69, 9.17) is 10.8 Å². The minimum atomic E-state index is -4.41. The molecule has 1 heterocycles. The van der Waals surface area contributed by atoms with Crippen molar-refractivity contribution in [2.24, 2.45) is 5.73 Å². The maximum atomic E-state index is 12.4. The van der Waals surface area contributed by atoms with Crippen LogP contribution in [0.2, 0.25) is 0 Å². The summed E-state index contributed by atoms with van der Waals surface area (Å²) >= 11 is 0.524. The van der Waals surface area contributed by atoms with Gasteiger partial charge in [0, 0.05) is 10.3 Å². The summed E-state index contributed by atoms with van der Waals surface area (Å²) < 4.78 is 37.2. The fourth-order valence-corrected chi connectivity index (χ4v) is 2.31. The number of carboxylic acid groups (broad SMARTS) is 1. The molecule has 0 aliphatic heterocycles. The van der Waals surface area contributed by atoms with Gasteiger partial charge in [-0.25, -0.2) is 0 Å². The van der Waals surface area contributed by atoms with E-state index in [1.54, 1.807) is 0 Å². The molecule has 0 saturated heterocycles. The van der Waals surface area contributed by atoms with Crippen LogP contribution in [0.4, 0.5) is 13.2 Å². The van der Waals surface area contributed by atoms with Crippen molar-refractivity contribution in [3.63, 3.8) is 0 Å². The van der Waals surface area contributed by atoms with Gasteiger partial charge in [0.15, 0.2) is 0 Å². The maximum absolute atomic E-state index is 12.4. The Balaban J connectivity index is 3.09. The van der Waals surface area contributed by atoms with Gasteiger partial charge in [0.25, 0.3) is 0 Å². The van der Waals surface area contributed by atoms with E-state index in [1.165, 1.54) is 19.9 Å². The first-order valence-corrected chi connectivity index (χ1v) is 5.54. The lowest BCUT2D eigenvalue weighted by atomic mass is 9.83. The number of hydrogen-bond acceptors (Lipinski definition) is 3. The maximum Gasteiger partial charge on any atom is 0.425 e. The van der Waals surface area contributed by atoms with Gasteiger partial charge in [-0.05, 0) is 12.1 Å². The van der Waals surface area contributed by atoms with Crippen LogP contribution in [0.1, 0.15) is 23.6 Å². The zero-order valence-electron chi connectivity index (χ0n) is 9.21. The number of thiophene rings is 1. The second-order valence-electron chi connectivity index (χ2n) is 4.20. The van der Waals surface area contributed by atoms with Crippen molar-refractivity contribution in [3.05, 3.63) is 21.9 Å². The van der Waals surface area contributed by atoms with Crippen LogP contribution >= 0.6 is 11.3 Å². The zero-order chi connectivity index (χ0) is 13.4. The van der Waals surface area contributed by atoms with Crippen molar-refractivity contribution in [3.8, 4) is 0 Å². The topological polar surface area (TPSA) is 63.3 Å². The molecule has 0 aromatic carbocycles. The van der Waals surface area contributed by atoms with Crippen LogP contribution in [0.15, 0.2) is 12.1 Å². The molecule has 1 rings (SSSR count). The summed E-state index contributed by atoms with van der Waals surface area (Å²) in [5.74, 6) is -1.24. The van der Waals surface area contributed by atoms with E-state index in [0.29, 0.717) is 16.2 Å². The molecular weight excluding hydrogens is 255 g/mol. The van der Waals surface area contributed by atoms with Gasteiger partial charge in [-0.1, -0.05) is 13.8 Å². The monoisotopic (exact) mass is 267 g/mol. The van der Waals surface area contributed by atoms with Gasteiger partial charge >= 0.3 is 12.1 Å². The molecule has 0 amide bonds. The van der Waals surface area contributed by atoms with E-state index >= 15 is 0 Å². The first-order chi connectivity index (χ1) is 7.56. The molecule has 0 fully saturated rings. The minimum absolute atomic E-state index is 0.305. The molecule has 0 aliphatic carbocycles. The van der Waals surface area contributed by atoms with Crippen LogP contribution < -0.4 is 5.73 Å². The summed E-state index contributed by atoms with van der Waals surface area (Å²) in [6.45, 7) is 3.02. The fraction of sp³-hybridized carbons (Fsp3) is 0.500. The molecule has 17 heavy (non-hydrogen) atoms. The number of halogens is 3. The Hall–Kier alpha value is -1.08. The quantitative estimate of drug-likeness (QED) is 0.884. The van der Waals surface area contributed by atoms with Gasteiger partial charge in [0.1, 0.15) is 10.9 Å². The van der Waals surface area contributed by atoms with Crippen molar-refractivity contribution in [1.29, 1.82) is 0 Å². The van der Waals surface area contributed by atoms with E-state index in [-0.39, 0.29) is 0 Å². The predicted octanol–water partition coefficient (Wildman–Crippen LogP) is 2.46. The van der Waals surface area contributed by atoms with Gasteiger partial charge in [-0.15, -0.1) is 11.3 Å². The number of rotatable bonds is 3. The lowest BCUT2D eigenvalue weighted by Gasteiger charge is -2.27. The second-order valence-corrected chi connectivity index (χ2v) is 5.28. The average molecular weight is 267 g/mol. The first kappa shape index (κ1) is 14.0. The average Bonchev–Trinajstić information content (AvgIpc) is 2.64. The molecule has 7 heteroatoms. The van der Waals surface area contributed by atoms with Gasteiger partial charge in [-0.3, -0.25) is 4.79 Å². The predicted molar refractivity (Wildman–Crippen MR) is 58.0 cm³/mol. The fourth-order valence-electron chi connectivity index (χ4n) is 1.30.